The van der Waals surface area contributed by atoms with Crippen LogP contribution in [0, 0.1) is 0 Å². The normalized spacial score (nSPS) is 14.5. The summed E-state index contributed by atoms with van der Waals surface area (Å²) in [7, 11) is 0. The molecule has 0 aromatic heterocycles. The molecule has 0 amide bonds. The zero-order chi connectivity index (χ0) is 13.7. The van der Waals surface area contributed by atoms with Gasteiger partial charge in [-0.15, -0.1) is 0 Å². The predicted molar refractivity (Wildman–Crippen MR) is 64.7 cm³/mol. The molecule has 0 saturated heterocycles. The van der Waals surface area contributed by atoms with Crippen molar-refractivity contribution in [1.82, 2.24) is 5.32 Å². The van der Waals surface area contributed by atoms with E-state index in [9.17, 15) is 13.6 Å². The van der Waals surface area contributed by atoms with Crippen molar-refractivity contribution in [3.63, 3.8) is 0 Å². The number of nitrogens with one attached hydrogen (secondary N) is 1. The van der Waals surface area contributed by atoms with Gasteiger partial charge in [0.15, 0.2) is 0 Å². The van der Waals surface area contributed by atoms with Crippen LogP contribution in [-0.2, 0) is 4.79 Å². The summed E-state index contributed by atoms with van der Waals surface area (Å²) >= 11 is 0. The summed E-state index contributed by atoms with van der Waals surface area (Å²) in [5.41, 5.74) is 0.185. The highest BCUT2D eigenvalue weighted by Gasteiger charge is 2.22. The number of carboxylic acids is 1. The van der Waals surface area contributed by atoms with Crippen LogP contribution in [0.25, 0.3) is 0 Å². The van der Waals surface area contributed by atoms with Gasteiger partial charge in [0.1, 0.15) is 6.04 Å². The quantitative estimate of drug-likeness (QED) is 0.823. The average molecular weight is 257 g/mol. The molecule has 100 valence electrons. The molecule has 0 aliphatic carbocycles. The Labute approximate surface area is 105 Å². The molecule has 0 radical (unpaired) electrons. The van der Waals surface area contributed by atoms with Crippen LogP contribution in [0.2, 0.25) is 0 Å². The Morgan fingerprint density at radius 2 is 2.00 bits per heavy atom. The molecule has 18 heavy (non-hydrogen) atoms. The number of halogens is 2. The summed E-state index contributed by atoms with van der Waals surface area (Å²) in [5, 5.41) is 12.1. The Bertz CT molecular complexity index is 410. The molecule has 2 unspecified atom stereocenters. The van der Waals surface area contributed by atoms with Crippen molar-refractivity contribution in [3.05, 3.63) is 35.4 Å². The standard InChI is InChI=1S/C13H17F2NO2/c1-3-8(2)16-11(13(17)18)9-5-4-6-10(7-9)12(14)15/h4-8,11-12,16H,3H2,1-2H3,(H,17,18). The average Bonchev–Trinajstić information content (AvgIpc) is 2.35. The molecule has 2 N–H and O–H groups in total. The van der Waals surface area contributed by atoms with E-state index in [0.717, 1.165) is 6.42 Å². The third kappa shape index (κ3) is 3.77. The van der Waals surface area contributed by atoms with Crippen molar-refractivity contribution in [2.75, 3.05) is 0 Å². The first kappa shape index (κ1) is 14.6. The van der Waals surface area contributed by atoms with E-state index in [1.165, 1.54) is 18.2 Å². The number of aliphatic carboxylic acids is 1. The topological polar surface area (TPSA) is 49.3 Å². The van der Waals surface area contributed by atoms with Gasteiger partial charge in [-0.3, -0.25) is 10.1 Å². The van der Waals surface area contributed by atoms with Gasteiger partial charge in [-0.1, -0.05) is 25.1 Å². The molecule has 0 heterocycles. The lowest BCUT2D eigenvalue weighted by atomic mass is 10.0. The van der Waals surface area contributed by atoms with E-state index in [1.807, 2.05) is 13.8 Å². The number of carbonyl (C=O) groups is 1. The fraction of sp³-hybridized carbons (Fsp3) is 0.462. The minimum Gasteiger partial charge on any atom is -0.480 e. The van der Waals surface area contributed by atoms with Gasteiger partial charge in [0, 0.05) is 11.6 Å². The second-order valence-electron chi connectivity index (χ2n) is 4.22. The Morgan fingerprint density at radius 3 is 2.50 bits per heavy atom. The molecule has 0 saturated carbocycles. The molecule has 0 bridgehead atoms. The van der Waals surface area contributed by atoms with E-state index in [0.29, 0.717) is 5.56 Å². The number of rotatable bonds is 6. The van der Waals surface area contributed by atoms with Gasteiger partial charge in [-0.25, -0.2) is 8.78 Å². The van der Waals surface area contributed by atoms with Gasteiger partial charge in [-0.05, 0) is 25.0 Å². The number of benzene rings is 1. The summed E-state index contributed by atoms with van der Waals surface area (Å²) in [6.07, 6.45) is -1.83. The zero-order valence-corrected chi connectivity index (χ0v) is 10.4. The Morgan fingerprint density at radius 1 is 1.39 bits per heavy atom. The molecular formula is C13H17F2NO2. The highest BCUT2D eigenvalue weighted by molar-refractivity contribution is 5.75. The minimum absolute atomic E-state index is 0.00121. The van der Waals surface area contributed by atoms with Crippen LogP contribution in [0.1, 0.15) is 43.9 Å². The number of hydrogen-bond donors (Lipinski definition) is 2. The summed E-state index contributed by atoms with van der Waals surface area (Å²) in [6, 6.07) is 4.56. The van der Waals surface area contributed by atoms with E-state index < -0.39 is 18.4 Å². The molecule has 5 heteroatoms. The maximum absolute atomic E-state index is 12.6. The van der Waals surface area contributed by atoms with E-state index >= 15 is 0 Å². The molecule has 1 rings (SSSR count). The van der Waals surface area contributed by atoms with Crippen molar-refractivity contribution in [2.24, 2.45) is 0 Å². The van der Waals surface area contributed by atoms with E-state index in [4.69, 9.17) is 5.11 Å². The molecule has 2 atom stereocenters. The second-order valence-corrected chi connectivity index (χ2v) is 4.22. The third-order valence-electron chi connectivity index (χ3n) is 2.81. The van der Waals surface area contributed by atoms with Crippen LogP contribution in [0.4, 0.5) is 8.78 Å². The smallest absolute Gasteiger partial charge is 0.325 e. The highest BCUT2D eigenvalue weighted by Crippen LogP contribution is 2.23. The van der Waals surface area contributed by atoms with Crippen molar-refractivity contribution in [1.29, 1.82) is 0 Å². The number of hydrogen-bond acceptors (Lipinski definition) is 2. The van der Waals surface area contributed by atoms with Gasteiger partial charge in [0.05, 0.1) is 0 Å². The van der Waals surface area contributed by atoms with Crippen LogP contribution < -0.4 is 5.32 Å². The van der Waals surface area contributed by atoms with Crippen molar-refractivity contribution < 1.29 is 18.7 Å². The van der Waals surface area contributed by atoms with Crippen molar-refractivity contribution in [3.8, 4) is 0 Å². The summed E-state index contributed by atoms with van der Waals surface area (Å²) in [5.74, 6) is -1.07. The van der Waals surface area contributed by atoms with Gasteiger partial charge in [0.25, 0.3) is 6.43 Å². The van der Waals surface area contributed by atoms with Gasteiger partial charge in [0.2, 0.25) is 0 Å². The Balaban J connectivity index is 2.98. The first-order chi connectivity index (χ1) is 8.45. The highest BCUT2D eigenvalue weighted by atomic mass is 19.3. The molecular weight excluding hydrogens is 240 g/mol. The van der Waals surface area contributed by atoms with Crippen LogP contribution in [0.15, 0.2) is 24.3 Å². The molecule has 0 spiro atoms. The fourth-order valence-corrected chi connectivity index (χ4v) is 1.59. The Hall–Kier alpha value is -1.49. The van der Waals surface area contributed by atoms with Crippen LogP contribution >= 0.6 is 0 Å². The molecule has 1 aromatic rings. The lowest BCUT2D eigenvalue weighted by molar-refractivity contribution is -0.139. The first-order valence-corrected chi connectivity index (χ1v) is 5.82. The fourth-order valence-electron chi connectivity index (χ4n) is 1.59. The summed E-state index contributed by atoms with van der Waals surface area (Å²) < 4.78 is 25.1. The zero-order valence-electron chi connectivity index (χ0n) is 10.4. The molecule has 1 aromatic carbocycles. The van der Waals surface area contributed by atoms with Gasteiger partial charge < -0.3 is 5.11 Å². The van der Waals surface area contributed by atoms with Crippen LogP contribution in [0.5, 0.6) is 0 Å². The first-order valence-electron chi connectivity index (χ1n) is 5.82. The largest absolute Gasteiger partial charge is 0.480 e. The molecule has 0 fully saturated rings. The molecule has 0 aliphatic heterocycles. The molecule has 0 aliphatic rings. The SMILES string of the molecule is CCC(C)NC(C(=O)O)c1cccc(C(F)F)c1. The van der Waals surface area contributed by atoms with E-state index in [-0.39, 0.29) is 11.6 Å². The third-order valence-corrected chi connectivity index (χ3v) is 2.81. The van der Waals surface area contributed by atoms with Crippen molar-refractivity contribution in [2.45, 2.75) is 38.8 Å². The Kier molecular flexibility index (Phi) is 5.22. The number of alkyl halides is 2. The van der Waals surface area contributed by atoms with Crippen molar-refractivity contribution >= 4 is 5.97 Å². The van der Waals surface area contributed by atoms with Crippen LogP contribution in [-0.4, -0.2) is 17.1 Å². The summed E-state index contributed by atoms with van der Waals surface area (Å²) in [4.78, 5) is 11.2. The van der Waals surface area contributed by atoms with E-state index in [2.05, 4.69) is 5.32 Å². The summed E-state index contributed by atoms with van der Waals surface area (Å²) in [6.45, 7) is 3.78. The van der Waals surface area contributed by atoms with E-state index in [1.54, 1.807) is 6.07 Å². The van der Waals surface area contributed by atoms with Crippen LogP contribution in [0.3, 0.4) is 0 Å². The van der Waals surface area contributed by atoms with Gasteiger partial charge >= 0.3 is 5.97 Å². The maximum Gasteiger partial charge on any atom is 0.325 e. The lowest BCUT2D eigenvalue weighted by Crippen LogP contribution is -2.35. The second kappa shape index (κ2) is 6.44. The van der Waals surface area contributed by atoms with Gasteiger partial charge in [-0.2, -0.15) is 0 Å². The lowest BCUT2D eigenvalue weighted by Gasteiger charge is -2.20. The maximum atomic E-state index is 12.6. The monoisotopic (exact) mass is 257 g/mol. The molecule has 3 nitrogen and oxygen atoms in total. The number of carboxylic acid groups (broad SMARTS) is 1. The minimum atomic E-state index is -2.59. The predicted octanol–water partition coefficient (Wildman–Crippen LogP) is 3.14.